The van der Waals surface area contributed by atoms with E-state index < -0.39 is 0 Å². The van der Waals surface area contributed by atoms with Crippen molar-refractivity contribution in [2.45, 2.75) is 12.8 Å². The van der Waals surface area contributed by atoms with Gasteiger partial charge >= 0.3 is 0 Å². The summed E-state index contributed by atoms with van der Waals surface area (Å²) in [5.74, 6) is 0.270. The number of hydrogen-bond donors (Lipinski definition) is 0. The average Bonchev–Trinajstić information content (AvgIpc) is 2.03. The van der Waals surface area contributed by atoms with Crippen molar-refractivity contribution in [3.05, 3.63) is 34.3 Å². The molecule has 0 aliphatic heterocycles. The molecule has 0 saturated carbocycles. The first-order valence-corrected chi connectivity index (χ1v) is 4.42. The number of carbonyl (C=O) groups excluding carboxylic acids is 1. The van der Waals surface area contributed by atoms with Crippen molar-refractivity contribution in [2.24, 2.45) is 0 Å². The molecule has 0 atom stereocenters. The Labute approximate surface area is 81.3 Å². The molecule has 12 heavy (non-hydrogen) atoms. The highest BCUT2D eigenvalue weighted by molar-refractivity contribution is 6.34. The Bertz CT molecular complexity index is 307. The first-order valence-electron chi connectivity index (χ1n) is 3.51. The summed E-state index contributed by atoms with van der Waals surface area (Å²) in [4.78, 5) is 11.1. The van der Waals surface area contributed by atoms with Crippen LogP contribution in [0.3, 0.4) is 0 Å². The third-order valence-corrected chi connectivity index (χ3v) is 2.20. The van der Waals surface area contributed by atoms with Crippen LogP contribution in [0.1, 0.15) is 22.8 Å². The van der Waals surface area contributed by atoms with Crippen molar-refractivity contribution in [3.8, 4) is 0 Å². The second-order valence-corrected chi connectivity index (χ2v) is 3.14. The number of rotatable bonds is 2. The van der Waals surface area contributed by atoms with Crippen LogP contribution in [0, 0.1) is 0 Å². The predicted octanol–water partition coefficient (Wildman–Crippen LogP) is 3.28. The minimum Gasteiger partial charge on any atom is -0.294 e. The van der Waals surface area contributed by atoms with E-state index in [1.807, 2.05) is 0 Å². The standard InChI is InChI=1S/C9H8Cl2O/c1-6(12)9-7(5-10)3-2-4-8(9)11/h2-4H,5H2,1H3. The lowest BCUT2D eigenvalue weighted by atomic mass is 10.1. The third kappa shape index (κ3) is 1.79. The molecule has 0 aliphatic rings. The van der Waals surface area contributed by atoms with Crippen LogP contribution in [0.5, 0.6) is 0 Å². The van der Waals surface area contributed by atoms with Crippen LogP contribution in [0.15, 0.2) is 18.2 Å². The highest BCUT2D eigenvalue weighted by Crippen LogP contribution is 2.21. The number of Topliss-reactive ketones (excluding diaryl/α,β-unsaturated/α-hetero) is 1. The van der Waals surface area contributed by atoms with E-state index in [0.29, 0.717) is 16.5 Å². The summed E-state index contributed by atoms with van der Waals surface area (Å²) < 4.78 is 0. The molecule has 3 heteroatoms. The minimum absolute atomic E-state index is 0.0451. The minimum atomic E-state index is -0.0451. The van der Waals surface area contributed by atoms with Crippen LogP contribution in [0.2, 0.25) is 5.02 Å². The predicted molar refractivity (Wildman–Crippen MR) is 51.0 cm³/mol. The van der Waals surface area contributed by atoms with Crippen molar-refractivity contribution in [3.63, 3.8) is 0 Å². The molecule has 1 nitrogen and oxygen atoms in total. The summed E-state index contributed by atoms with van der Waals surface area (Å²) in [5, 5.41) is 0.473. The third-order valence-electron chi connectivity index (χ3n) is 1.60. The zero-order chi connectivity index (χ0) is 9.14. The van der Waals surface area contributed by atoms with Crippen LogP contribution in [0.4, 0.5) is 0 Å². The van der Waals surface area contributed by atoms with E-state index in [1.165, 1.54) is 6.92 Å². The number of carbonyl (C=O) groups is 1. The Hall–Kier alpha value is -0.530. The zero-order valence-corrected chi connectivity index (χ0v) is 8.12. The van der Waals surface area contributed by atoms with Gasteiger partial charge in [-0.1, -0.05) is 23.7 Å². The Morgan fingerprint density at radius 3 is 2.58 bits per heavy atom. The molecular weight excluding hydrogens is 195 g/mol. The average molecular weight is 203 g/mol. The number of benzene rings is 1. The van der Waals surface area contributed by atoms with Gasteiger partial charge in [0.25, 0.3) is 0 Å². The molecule has 0 radical (unpaired) electrons. The Morgan fingerprint density at radius 2 is 2.17 bits per heavy atom. The maximum absolute atomic E-state index is 11.1. The summed E-state index contributed by atoms with van der Waals surface area (Å²) >= 11 is 11.5. The number of hydrogen-bond acceptors (Lipinski definition) is 1. The SMILES string of the molecule is CC(=O)c1c(Cl)cccc1CCl. The van der Waals surface area contributed by atoms with E-state index in [4.69, 9.17) is 23.2 Å². The first-order chi connectivity index (χ1) is 5.66. The highest BCUT2D eigenvalue weighted by Gasteiger charge is 2.09. The summed E-state index contributed by atoms with van der Waals surface area (Å²) in [6.45, 7) is 1.48. The molecule has 0 N–H and O–H groups in total. The molecule has 1 aromatic carbocycles. The normalized spacial score (nSPS) is 9.92. The number of alkyl halides is 1. The van der Waals surface area contributed by atoms with Crippen LogP contribution in [-0.2, 0) is 5.88 Å². The fraction of sp³-hybridized carbons (Fsp3) is 0.222. The fourth-order valence-corrected chi connectivity index (χ4v) is 1.62. The van der Waals surface area contributed by atoms with E-state index in [1.54, 1.807) is 18.2 Å². The van der Waals surface area contributed by atoms with Gasteiger partial charge in [0, 0.05) is 11.4 Å². The molecule has 1 rings (SSSR count). The topological polar surface area (TPSA) is 17.1 Å². The molecule has 0 spiro atoms. The zero-order valence-electron chi connectivity index (χ0n) is 6.60. The molecule has 0 heterocycles. The van der Waals surface area contributed by atoms with Crippen LogP contribution in [0.25, 0.3) is 0 Å². The molecule has 1 aromatic rings. The quantitative estimate of drug-likeness (QED) is 0.532. The number of halogens is 2. The van der Waals surface area contributed by atoms with Gasteiger partial charge in [-0.05, 0) is 18.6 Å². The highest BCUT2D eigenvalue weighted by atomic mass is 35.5. The lowest BCUT2D eigenvalue weighted by molar-refractivity contribution is 0.101. The summed E-state index contributed by atoms with van der Waals surface area (Å²) in [7, 11) is 0. The van der Waals surface area contributed by atoms with Gasteiger partial charge in [0.1, 0.15) is 0 Å². The van der Waals surface area contributed by atoms with E-state index in [2.05, 4.69) is 0 Å². The Balaban J connectivity index is 3.29. The monoisotopic (exact) mass is 202 g/mol. The van der Waals surface area contributed by atoms with Crippen molar-refractivity contribution >= 4 is 29.0 Å². The fourth-order valence-electron chi connectivity index (χ4n) is 1.07. The largest absolute Gasteiger partial charge is 0.294 e. The van der Waals surface area contributed by atoms with Crippen molar-refractivity contribution in [1.82, 2.24) is 0 Å². The molecule has 0 unspecified atom stereocenters. The maximum atomic E-state index is 11.1. The van der Waals surface area contributed by atoms with E-state index in [0.717, 1.165) is 5.56 Å². The second-order valence-electron chi connectivity index (χ2n) is 2.46. The van der Waals surface area contributed by atoms with Crippen LogP contribution in [-0.4, -0.2) is 5.78 Å². The van der Waals surface area contributed by atoms with Gasteiger partial charge < -0.3 is 0 Å². The van der Waals surface area contributed by atoms with Crippen molar-refractivity contribution in [2.75, 3.05) is 0 Å². The lowest BCUT2D eigenvalue weighted by Crippen LogP contribution is -1.98. The lowest BCUT2D eigenvalue weighted by Gasteiger charge is -2.04. The first kappa shape index (κ1) is 9.56. The van der Waals surface area contributed by atoms with E-state index in [-0.39, 0.29) is 5.78 Å². The van der Waals surface area contributed by atoms with E-state index >= 15 is 0 Å². The van der Waals surface area contributed by atoms with Gasteiger partial charge in [-0.3, -0.25) is 4.79 Å². The summed E-state index contributed by atoms with van der Waals surface area (Å²) in [5.41, 5.74) is 1.32. The van der Waals surface area contributed by atoms with Gasteiger partial charge in [0.15, 0.2) is 5.78 Å². The van der Waals surface area contributed by atoms with Gasteiger partial charge in [-0.2, -0.15) is 0 Å². The van der Waals surface area contributed by atoms with Crippen molar-refractivity contribution in [1.29, 1.82) is 0 Å². The van der Waals surface area contributed by atoms with Gasteiger partial charge in [-0.25, -0.2) is 0 Å². The molecule has 0 aromatic heterocycles. The summed E-state index contributed by atoms with van der Waals surface area (Å²) in [6, 6.07) is 5.27. The second kappa shape index (κ2) is 3.92. The van der Waals surface area contributed by atoms with Gasteiger partial charge in [0.2, 0.25) is 0 Å². The summed E-state index contributed by atoms with van der Waals surface area (Å²) in [6.07, 6.45) is 0. The van der Waals surface area contributed by atoms with Gasteiger partial charge in [0.05, 0.1) is 5.02 Å². The molecule has 0 aliphatic carbocycles. The Kier molecular flexibility index (Phi) is 3.12. The van der Waals surface area contributed by atoms with Crippen molar-refractivity contribution < 1.29 is 4.79 Å². The molecular formula is C9H8Cl2O. The molecule has 64 valence electrons. The molecule has 0 amide bonds. The van der Waals surface area contributed by atoms with Gasteiger partial charge in [-0.15, -0.1) is 11.6 Å². The molecule has 0 bridgehead atoms. The van der Waals surface area contributed by atoms with E-state index in [9.17, 15) is 4.79 Å². The number of ketones is 1. The van der Waals surface area contributed by atoms with Crippen LogP contribution < -0.4 is 0 Å². The Morgan fingerprint density at radius 1 is 1.50 bits per heavy atom. The smallest absolute Gasteiger partial charge is 0.161 e. The maximum Gasteiger partial charge on any atom is 0.161 e. The molecule has 0 fully saturated rings. The van der Waals surface area contributed by atoms with Crippen LogP contribution >= 0.6 is 23.2 Å². The molecule has 0 saturated heterocycles.